The average Bonchev–Trinajstić information content (AvgIpc) is 2.98. The molecule has 8 heteroatoms. The molecule has 0 aliphatic heterocycles. The van der Waals surface area contributed by atoms with Crippen LogP contribution in [-0.2, 0) is 6.54 Å². The highest BCUT2D eigenvalue weighted by molar-refractivity contribution is 6.32. The summed E-state index contributed by atoms with van der Waals surface area (Å²) in [4.78, 5) is 5.65. The molecule has 20 heavy (non-hydrogen) atoms. The van der Waals surface area contributed by atoms with E-state index in [1.807, 2.05) is 32.0 Å². The van der Waals surface area contributed by atoms with Gasteiger partial charge in [-0.1, -0.05) is 23.7 Å². The van der Waals surface area contributed by atoms with Crippen LogP contribution in [0.4, 0.5) is 0 Å². The molecule has 3 rings (SSSR count). The number of para-hydroxylation sites is 1. The lowest BCUT2D eigenvalue weighted by Gasteiger charge is -2.00. The number of nitrogens with zero attached hydrogens (tertiary/aromatic N) is 7. The molecule has 2 heterocycles. The molecule has 0 bridgehead atoms. The first kappa shape index (κ1) is 12.7. The van der Waals surface area contributed by atoms with Crippen LogP contribution in [0.5, 0.6) is 0 Å². The van der Waals surface area contributed by atoms with Gasteiger partial charge in [0.15, 0.2) is 5.82 Å². The van der Waals surface area contributed by atoms with E-state index < -0.39 is 0 Å². The van der Waals surface area contributed by atoms with E-state index in [0.717, 1.165) is 11.6 Å². The third kappa shape index (κ3) is 2.39. The highest BCUT2D eigenvalue weighted by Crippen LogP contribution is 2.17. The van der Waals surface area contributed by atoms with E-state index in [0.29, 0.717) is 23.1 Å². The predicted molar refractivity (Wildman–Crippen MR) is 72.8 cm³/mol. The van der Waals surface area contributed by atoms with Crippen LogP contribution in [0.15, 0.2) is 24.3 Å². The Kier molecular flexibility index (Phi) is 3.19. The van der Waals surface area contributed by atoms with E-state index in [4.69, 9.17) is 11.6 Å². The van der Waals surface area contributed by atoms with Crippen molar-refractivity contribution in [2.75, 3.05) is 0 Å². The Balaban J connectivity index is 1.88. The Morgan fingerprint density at radius 3 is 2.65 bits per heavy atom. The predicted octanol–water partition coefficient (Wildman–Crippen LogP) is 1.57. The Labute approximate surface area is 120 Å². The molecule has 0 radical (unpaired) electrons. The van der Waals surface area contributed by atoms with Crippen molar-refractivity contribution in [3.63, 3.8) is 0 Å². The Morgan fingerprint density at radius 1 is 1.15 bits per heavy atom. The lowest BCUT2D eigenvalue weighted by atomic mass is 10.3. The van der Waals surface area contributed by atoms with Gasteiger partial charge in [-0.2, -0.15) is 5.10 Å². The maximum Gasteiger partial charge on any atom is 0.196 e. The fourth-order valence-electron chi connectivity index (χ4n) is 1.87. The lowest BCUT2D eigenvalue weighted by Crippen LogP contribution is -2.06. The second kappa shape index (κ2) is 5.01. The first-order valence-corrected chi connectivity index (χ1v) is 6.43. The van der Waals surface area contributed by atoms with Gasteiger partial charge >= 0.3 is 0 Å². The van der Waals surface area contributed by atoms with Gasteiger partial charge in [-0.05, 0) is 31.2 Å². The quantitative estimate of drug-likeness (QED) is 0.732. The van der Waals surface area contributed by atoms with E-state index in [9.17, 15) is 0 Å². The molecule has 1 aromatic carbocycles. The summed E-state index contributed by atoms with van der Waals surface area (Å²) in [7, 11) is 0. The molecule has 0 amide bonds. The minimum Gasteiger partial charge on any atom is -0.242 e. The normalized spacial score (nSPS) is 10.9. The van der Waals surface area contributed by atoms with Crippen LogP contribution in [-0.4, -0.2) is 35.0 Å². The van der Waals surface area contributed by atoms with Crippen molar-refractivity contribution < 1.29 is 0 Å². The zero-order valence-corrected chi connectivity index (χ0v) is 11.8. The second-order valence-corrected chi connectivity index (χ2v) is 4.72. The van der Waals surface area contributed by atoms with Crippen LogP contribution in [0.25, 0.3) is 5.69 Å². The van der Waals surface area contributed by atoms with Crippen LogP contribution in [0, 0.1) is 13.8 Å². The molecule has 0 atom stereocenters. The van der Waals surface area contributed by atoms with Gasteiger partial charge in [0, 0.05) is 0 Å². The zero-order chi connectivity index (χ0) is 14.1. The van der Waals surface area contributed by atoms with Crippen LogP contribution >= 0.6 is 11.6 Å². The summed E-state index contributed by atoms with van der Waals surface area (Å²) < 4.78 is 1.74. The summed E-state index contributed by atoms with van der Waals surface area (Å²) >= 11 is 6.10. The van der Waals surface area contributed by atoms with Crippen molar-refractivity contribution in [2.24, 2.45) is 0 Å². The van der Waals surface area contributed by atoms with E-state index in [-0.39, 0.29) is 0 Å². The van der Waals surface area contributed by atoms with E-state index in [1.54, 1.807) is 10.7 Å². The molecule has 7 nitrogen and oxygen atoms in total. The minimum atomic E-state index is 0.428. The molecule has 0 unspecified atom stereocenters. The molecule has 0 aliphatic carbocycles. The third-order valence-corrected chi connectivity index (χ3v) is 3.10. The number of benzene rings is 1. The average molecular weight is 290 g/mol. The van der Waals surface area contributed by atoms with Crippen molar-refractivity contribution in [3.05, 3.63) is 46.8 Å². The topological polar surface area (TPSA) is 74.3 Å². The van der Waals surface area contributed by atoms with Gasteiger partial charge in [0.25, 0.3) is 0 Å². The summed E-state index contributed by atoms with van der Waals surface area (Å²) in [5.74, 6) is 2.09. The number of aromatic nitrogens is 7. The lowest BCUT2D eigenvalue weighted by molar-refractivity contribution is 0.627. The third-order valence-electron chi connectivity index (χ3n) is 2.78. The van der Waals surface area contributed by atoms with Gasteiger partial charge in [-0.15, -0.1) is 15.0 Å². The molecule has 0 saturated carbocycles. The van der Waals surface area contributed by atoms with Crippen molar-refractivity contribution in [3.8, 4) is 5.69 Å². The zero-order valence-electron chi connectivity index (χ0n) is 11.0. The number of tetrazole rings is 1. The van der Waals surface area contributed by atoms with Crippen molar-refractivity contribution in [1.29, 1.82) is 0 Å². The molecule has 0 N–H and O–H groups in total. The molecule has 0 fully saturated rings. The Bertz CT molecular complexity index is 746. The largest absolute Gasteiger partial charge is 0.242 e. The van der Waals surface area contributed by atoms with Gasteiger partial charge in [0.05, 0.1) is 5.02 Å². The molecule has 0 aliphatic rings. The molecule has 2 aromatic heterocycles. The van der Waals surface area contributed by atoms with Crippen LogP contribution in [0.1, 0.15) is 17.5 Å². The van der Waals surface area contributed by atoms with Gasteiger partial charge in [-0.3, -0.25) is 0 Å². The molecule has 0 spiro atoms. The summed E-state index contributed by atoms with van der Waals surface area (Å²) in [6, 6.07) is 7.34. The minimum absolute atomic E-state index is 0.428. The summed E-state index contributed by atoms with van der Waals surface area (Å²) in [6.07, 6.45) is 0. The second-order valence-electron chi connectivity index (χ2n) is 4.31. The molecule has 102 valence electrons. The fourth-order valence-corrected chi connectivity index (χ4v) is 2.08. The molecule has 3 aromatic rings. The monoisotopic (exact) mass is 289 g/mol. The summed E-state index contributed by atoms with van der Waals surface area (Å²) in [5.41, 5.74) is 0.694. The summed E-state index contributed by atoms with van der Waals surface area (Å²) in [5, 5.41) is 17.2. The highest BCUT2D eigenvalue weighted by atomic mass is 35.5. The van der Waals surface area contributed by atoms with Crippen LogP contribution in [0.3, 0.4) is 0 Å². The number of aryl methyl sites for hydroxylation is 2. The van der Waals surface area contributed by atoms with Crippen LogP contribution < -0.4 is 0 Å². The van der Waals surface area contributed by atoms with Crippen molar-refractivity contribution in [1.82, 2.24) is 35.0 Å². The summed E-state index contributed by atoms with van der Waals surface area (Å²) in [6.45, 7) is 4.16. The first-order chi connectivity index (χ1) is 9.63. The highest BCUT2D eigenvalue weighted by Gasteiger charge is 2.10. The number of hydrogen-bond acceptors (Lipinski definition) is 5. The smallest absolute Gasteiger partial charge is 0.196 e. The van der Waals surface area contributed by atoms with Gasteiger partial charge in [-0.25, -0.2) is 9.67 Å². The standard InChI is InChI=1S/C12H12ClN7/c1-8-14-9(2)19(16-8)7-12-15-18-20(17-12)11-6-4-3-5-10(11)13/h3-6H,7H2,1-2H3. The Morgan fingerprint density at radius 2 is 1.95 bits per heavy atom. The fraction of sp³-hybridized carbons (Fsp3) is 0.250. The maximum atomic E-state index is 6.10. The van der Waals surface area contributed by atoms with Gasteiger partial charge in [0.2, 0.25) is 0 Å². The molecular formula is C12H12ClN7. The number of hydrogen-bond donors (Lipinski definition) is 0. The van der Waals surface area contributed by atoms with E-state index in [1.165, 1.54) is 4.80 Å². The molecule has 0 saturated heterocycles. The van der Waals surface area contributed by atoms with E-state index in [2.05, 4.69) is 25.5 Å². The first-order valence-electron chi connectivity index (χ1n) is 6.05. The van der Waals surface area contributed by atoms with Crippen molar-refractivity contribution in [2.45, 2.75) is 20.4 Å². The number of halogens is 1. The van der Waals surface area contributed by atoms with Gasteiger partial charge < -0.3 is 0 Å². The SMILES string of the molecule is Cc1nc(C)n(Cc2nnn(-c3ccccc3Cl)n2)n1. The molecular weight excluding hydrogens is 278 g/mol. The van der Waals surface area contributed by atoms with Crippen LogP contribution in [0.2, 0.25) is 5.02 Å². The Hall–Kier alpha value is -2.28. The number of rotatable bonds is 3. The van der Waals surface area contributed by atoms with Crippen molar-refractivity contribution >= 4 is 11.6 Å². The maximum absolute atomic E-state index is 6.10. The van der Waals surface area contributed by atoms with E-state index >= 15 is 0 Å². The van der Waals surface area contributed by atoms with Gasteiger partial charge in [0.1, 0.15) is 23.9 Å².